The number of thiazole rings is 1. The second-order valence-electron chi connectivity index (χ2n) is 2.95. The summed E-state index contributed by atoms with van der Waals surface area (Å²) < 4.78 is 0. The number of nitrogens with one attached hydrogen (secondary N) is 1. The van der Waals surface area contributed by atoms with Gasteiger partial charge in [-0.1, -0.05) is 0 Å². The van der Waals surface area contributed by atoms with Crippen molar-refractivity contribution in [1.82, 2.24) is 20.3 Å². The third-order valence-electron chi connectivity index (χ3n) is 1.80. The van der Waals surface area contributed by atoms with E-state index in [4.69, 9.17) is 5.73 Å². The molecule has 0 aromatic carbocycles. The molecule has 2 aromatic rings. The predicted octanol–water partition coefficient (Wildman–Crippen LogP) is 0.445. The van der Waals surface area contributed by atoms with E-state index >= 15 is 0 Å². The van der Waals surface area contributed by atoms with Crippen LogP contribution in [0.4, 0.5) is 5.13 Å². The van der Waals surface area contributed by atoms with Crippen LogP contribution < -0.4 is 11.1 Å². The molecule has 0 aliphatic heterocycles. The van der Waals surface area contributed by atoms with Crippen molar-refractivity contribution in [3.63, 3.8) is 0 Å². The lowest BCUT2D eigenvalue weighted by molar-refractivity contribution is 0.0945. The minimum atomic E-state index is -0.278. The SMILES string of the molecule is Nc1nc(CNC(=O)c2cnccn2)cs1. The van der Waals surface area contributed by atoms with E-state index in [2.05, 4.69) is 20.3 Å². The van der Waals surface area contributed by atoms with Gasteiger partial charge in [-0.3, -0.25) is 9.78 Å². The lowest BCUT2D eigenvalue weighted by Crippen LogP contribution is -2.24. The Morgan fingerprint density at radius 2 is 2.38 bits per heavy atom. The Labute approximate surface area is 95.6 Å². The molecule has 0 aliphatic rings. The molecule has 0 fully saturated rings. The summed E-state index contributed by atoms with van der Waals surface area (Å²) >= 11 is 1.34. The normalized spacial score (nSPS) is 10.0. The molecule has 6 nitrogen and oxygen atoms in total. The summed E-state index contributed by atoms with van der Waals surface area (Å²) in [7, 11) is 0. The first kappa shape index (κ1) is 10.5. The monoisotopic (exact) mass is 235 g/mol. The Kier molecular flexibility index (Phi) is 3.06. The second kappa shape index (κ2) is 4.67. The van der Waals surface area contributed by atoms with E-state index in [9.17, 15) is 4.79 Å². The molecule has 0 bridgehead atoms. The fraction of sp³-hybridized carbons (Fsp3) is 0.111. The molecular weight excluding hydrogens is 226 g/mol. The number of nitrogens with two attached hydrogens (primary N) is 1. The number of carbonyl (C=O) groups is 1. The minimum absolute atomic E-state index is 0.278. The smallest absolute Gasteiger partial charge is 0.271 e. The van der Waals surface area contributed by atoms with Crippen molar-refractivity contribution in [2.75, 3.05) is 5.73 Å². The summed E-state index contributed by atoms with van der Waals surface area (Å²) in [4.78, 5) is 23.3. The molecule has 1 amide bonds. The van der Waals surface area contributed by atoms with Crippen LogP contribution in [0, 0.1) is 0 Å². The lowest BCUT2D eigenvalue weighted by Gasteiger charge is -2.01. The number of anilines is 1. The molecule has 2 aromatic heterocycles. The molecule has 3 N–H and O–H groups in total. The zero-order valence-electron chi connectivity index (χ0n) is 8.25. The van der Waals surface area contributed by atoms with Gasteiger partial charge < -0.3 is 11.1 Å². The maximum Gasteiger partial charge on any atom is 0.271 e. The molecule has 7 heteroatoms. The van der Waals surface area contributed by atoms with Crippen molar-refractivity contribution < 1.29 is 4.79 Å². The molecule has 2 rings (SSSR count). The van der Waals surface area contributed by atoms with Gasteiger partial charge in [0.15, 0.2) is 5.13 Å². The van der Waals surface area contributed by atoms with Crippen molar-refractivity contribution in [3.8, 4) is 0 Å². The highest BCUT2D eigenvalue weighted by molar-refractivity contribution is 7.13. The highest BCUT2D eigenvalue weighted by Gasteiger charge is 2.07. The average molecular weight is 235 g/mol. The summed E-state index contributed by atoms with van der Waals surface area (Å²) in [5, 5.41) is 4.96. The zero-order valence-corrected chi connectivity index (χ0v) is 9.07. The molecule has 16 heavy (non-hydrogen) atoms. The Balaban J connectivity index is 1.94. The summed E-state index contributed by atoms with van der Waals surface area (Å²) in [6.45, 7) is 0.336. The number of aromatic nitrogens is 3. The van der Waals surface area contributed by atoms with E-state index in [0.29, 0.717) is 11.7 Å². The number of nitrogens with zero attached hydrogens (tertiary/aromatic N) is 3. The van der Waals surface area contributed by atoms with Gasteiger partial charge in [-0.05, 0) is 0 Å². The summed E-state index contributed by atoms with van der Waals surface area (Å²) in [5.41, 5.74) is 6.49. The second-order valence-corrected chi connectivity index (χ2v) is 3.84. The first-order valence-electron chi connectivity index (χ1n) is 4.50. The van der Waals surface area contributed by atoms with Crippen LogP contribution in [0.15, 0.2) is 24.0 Å². The van der Waals surface area contributed by atoms with Gasteiger partial charge in [0.1, 0.15) is 5.69 Å². The Hall–Kier alpha value is -2.02. The first-order valence-corrected chi connectivity index (χ1v) is 5.38. The van der Waals surface area contributed by atoms with Crippen LogP contribution in [-0.2, 0) is 6.54 Å². The highest BCUT2D eigenvalue weighted by Crippen LogP contribution is 2.10. The molecule has 0 saturated carbocycles. The van der Waals surface area contributed by atoms with Crippen LogP contribution in [0.25, 0.3) is 0 Å². The van der Waals surface area contributed by atoms with Crippen LogP contribution in [-0.4, -0.2) is 20.9 Å². The maximum atomic E-state index is 11.6. The van der Waals surface area contributed by atoms with Gasteiger partial charge in [-0.25, -0.2) is 9.97 Å². The van der Waals surface area contributed by atoms with Gasteiger partial charge in [0, 0.05) is 17.8 Å². The zero-order chi connectivity index (χ0) is 11.4. The molecule has 0 saturated heterocycles. The Bertz CT molecular complexity index is 484. The molecular formula is C9H9N5OS. The van der Waals surface area contributed by atoms with E-state index in [1.54, 1.807) is 5.38 Å². The quantitative estimate of drug-likeness (QED) is 0.805. The molecule has 82 valence electrons. The average Bonchev–Trinajstić information content (AvgIpc) is 2.73. The van der Waals surface area contributed by atoms with Gasteiger partial charge in [-0.15, -0.1) is 11.3 Å². The molecule has 0 atom stereocenters. The molecule has 0 unspecified atom stereocenters. The number of carbonyl (C=O) groups excluding carboxylic acids is 1. The third kappa shape index (κ3) is 2.51. The largest absolute Gasteiger partial charge is 0.375 e. The van der Waals surface area contributed by atoms with Crippen LogP contribution in [0.1, 0.15) is 16.2 Å². The fourth-order valence-electron chi connectivity index (χ4n) is 1.08. The van der Waals surface area contributed by atoms with Gasteiger partial charge >= 0.3 is 0 Å². The van der Waals surface area contributed by atoms with E-state index in [0.717, 1.165) is 5.69 Å². The van der Waals surface area contributed by atoms with E-state index in [-0.39, 0.29) is 11.6 Å². The number of hydrogen-bond acceptors (Lipinski definition) is 6. The van der Waals surface area contributed by atoms with Crippen LogP contribution in [0.3, 0.4) is 0 Å². The van der Waals surface area contributed by atoms with Crippen LogP contribution in [0.2, 0.25) is 0 Å². The first-order chi connectivity index (χ1) is 7.75. The summed E-state index contributed by atoms with van der Waals surface area (Å²) in [6, 6.07) is 0. The van der Waals surface area contributed by atoms with Crippen LogP contribution in [0.5, 0.6) is 0 Å². The minimum Gasteiger partial charge on any atom is -0.375 e. The topological polar surface area (TPSA) is 93.8 Å². The van der Waals surface area contributed by atoms with E-state index < -0.39 is 0 Å². The van der Waals surface area contributed by atoms with Crippen molar-refractivity contribution in [1.29, 1.82) is 0 Å². The van der Waals surface area contributed by atoms with Crippen molar-refractivity contribution in [2.45, 2.75) is 6.54 Å². The van der Waals surface area contributed by atoms with Gasteiger partial charge in [0.25, 0.3) is 5.91 Å². The molecule has 0 aliphatic carbocycles. The van der Waals surface area contributed by atoms with E-state index in [1.165, 1.54) is 29.9 Å². The summed E-state index contributed by atoms with van der Waals surface area (Å²) in [5.74, 6) is -0.278. The molecule has 0 radical (unpaired) electrons. The van der Waals surface area contributed by atoms with Gasteiger partial charge in [0.2, 0.25) is 0 Å². The molecule has 0 spiro atoms. The number of amides is 1. The predicted molar refractivity (Wildman–Crippen MR) is 59.7 cm³/mol. The number of nitrogen functional groups attached to an aromatic ring is 1. The summed E-state index contributed by atoms with van der Waals surface area (Å²) in [6.07, 6.45) is 4.39. The van der Waals surface area contributed by atoms with Crippen LogP contribution >= 0.6 is 11.3 Å². The fourth-order valence-corrected chi connectivity index (χ4v) is 1.64. The van der Waals surface area contributed by atoms with Gasteiger partial charge in [0.05, 0.1) is 18.4 Å². The Morgan fingerprint density at radius 3 is 3.00 bits per heavy atom. The standard InChI is InChI=1S/C9H9N5OS/c10-9-14-6(5-16-9)3-13-8(15)7-4-11-1-2-12-7/h1-2,4-5H,3H2,(H2,10,14)(H,13,15). The maximum absolute atomic E-state index is 11.6. The van der Waals surface area contributed by atoms with Crippen molar-refractivity contribution >= 4 is 22.4 Å². The van der Waals surface area contributed by atoms with Crippen molar-refractivity contribution in [2.24, 2.45) is 0 Å². The van der Waals surface area contributed by atoms with E-state index in [1.807, 2.05) is 0 Å². The third-order valence-corrected chi connectivity index (χ3v) is 2.52. The number of rotatable bonds is 3. The highest BCUT2D eigenvalue weighted by atomic mass is 32.1. The number of hydrogen-bond donors (Lipinski definition) is 2. The lowest BCUT2D eigenvalue weighted by atomic mass is 10.4. The van der Waals surface area contributed by atoms with Gasteiger partial charge in [-0.2, -0.15) is 0 Å². The van der Waals surface area contributed by atoms with Crippen molar-refractivity contribution in [3.05, 3.63) is 35.4 Å². The molecule has 2 heterocycles. The Morgan fingerprint density at radius 1 is 1.50 bits per heavy atom.